The molecule has 0 aromatic heterocycles. The molecule has 0 aliphatic rings. The Morgan fingerprint density at radius 1 is 1.40 bits per heavy atom. The number of ketones is 1. The fourth-order valence-electron chi connectivity index (χ4n) is 0.766. The molecule has 0 fully saturated rings. The van der Waals surface area contributed by atoms with Crippen molar-refractivity contribution in [3.8, 4) is 11.8 Å². The second-order valence-corrected chi connectivity index (χ2v) is 3.51. The number of likely N-dealkylation sites (N-methyl/N-ethyl adjacent to an activating group) is 1. The van der Waals surface area contributed by atoms with Gasteiger partial charge in [-0.2, -0.15) is 0 Å². The third-order valence-corrected chi connectivity index (χ3v) is 1.93. The Balaban J connectivity index is 0. The van der Waals surface area contributed by atoms with Crippen molar-refractivity contribution in [3.05, 3.63) is 0 Å². The van der Waals surface area contributed by atoms with E-state index in [-0.39, 0.29) is 17.9 Å². The van der Waals surface area contributed by atoms with Gasteiger partial charge in [-0.25, -0.2) is 0 Å². The molecule has 0 amide bonds. The first-order chi connectivity index (χ1) is 6.90. The van der Waals surface area contributed by atoms with Crippen LogP contribution < -0.4 is 0 Å². The molecule has 0 aromatic rings. The van der Waals surface area contributed by atoms with Gasteiger partial charge in [0.1, 0.15) is 0 Å². The number of carbonyl (C=O) groups is 1. The minimum absolute atomic E-state index is 0.0989. The van der Waals surface area contributed by atoms with Gasteiger partial charge in [0.2, 0.25) is 5.78 Å². The highest BCUT2D eigenvalue weighted by Gasteiger charge is 2.19. The molecular weight excluding hydrogens is 190 g/mol. The van der Waals surface area contributed by atoms with Crippen molar-refractivity contribution in [2.75, 3.05) is 20.2 Å². The van der Waals surface area contributed by atoms with Crippen LogP contribution in [-0.4, -0.2) is 41.5 Å². The highest BCUT2D eigenvalue weighted by molar-refractivity contribution is 5.93. The quantitative estimate of drug-likeness (QED) is 0.567. The van der Waals surface area contributed by atoms with Crippen LogP contribution in [0.5, 0.6) is 0 Å². The van der Waals surface area contributed by atoms with Crippen molar-refractivity contribution in [3.63, 3.8) is 0 Å². The molecule has 88 valence electrons. The van der Waals surface area contributed by atoms with E-state index in [4.69, 9.17) is 5.11 Å². The van der Waals surface area contributed by atoms with Gasteiger partial charge in [-0.15, -0.1) is 0 Å². The van der Waals surface area contributed by atoms with E-state index in [1.165, 1.54) is 6.92 Å². The van der Waals surface area contributed by atoms with E-state index in [9.17, 15) is 4.79 Å². The van der Waals surface area contributed by atoms with Crippen LogP contribution in [0.3, 0.4) is 0 Å². The van der Waals surface area contributed by atoms with E-state index >= 15 is 0 Å². The van der Waals surface area contributed by atoms with Crippen LogP contribution in [0.2, 0.25) is 0 Å². The lowest BCUT2D eigenvalue weighted by molar-refractivity contribution is -0.111. The van der Waals surface area contributed by atoms with Gasteiger partial charge in [-0.1, -0.05) is 19.8 Å². The van der Waals surface area contributed by atoms with Crippen molar-refractivity contribution in [1.29, 1.82) is 0 Å². The summed E-state index contributed by atoms with van der Waals surface area (Å²) < 4.78 is 0. The van der Waals surface area contributed by atoms with Gasteiger partial charge in [-0.05, 0) is 26.8 Å². The number of hydrogen-bond donors (Lipinski definition) is 1. The minimum Gasteiger partial charge on any atom is -0.395 e. The first-order valence-electron chi connectivity index (χ1n) is 5.26. The van der Waals surface area contributed by atoms with Gasteiger partial charge < -0.3 is 5.11 Å². The molecular formula is C12H23NO2. The van der Waals surface area contributed by atoms with Gasteiger partial charge in [0.15, 0.2) is 0 Å². The number of rotatable bonds is 3. The molecule has 0 atom stereocenters. The van der Waals surface area contributed by atoms with Gasteiger partial charge in [-0.3, -0.25) is 9.69 Å². The third-order valence-electron chi connectivity index (χ3n) is 1.93. The van der Waals surface area contributed by atoms with E-state index in [0.29, 0.717) is 6.54 Å². The Labute approximate surface area is 93.5 Å². The summed E-state index contributed by atoms with van der Waals surface area (Å²) in [7, 11) is 1.87. The number of β-amino-alcohol motifs (C(OH)–C–C–N with tert-alkyl or cyclic N) is 1. The number of hydrogen-bond acceptors (Lipinski definition) is 3. The highest BCUT2D eigenvalue weighted by atomic mass is 16.3. The normalized spacial score (nSPS) is 9.87. The summed E-state index contributed by atoms with van der Waals surface area (Å²) >= 11 is 0. The maximum absolute atomic E-state index is 10.6. The molecule has 0 bridgehead atoms. The number of nitrogens with zero attached hydrogens (tertiary/aromatic N) is 1. The number of Topliss-reactive ketones (excluding diaryl/α,β-unsaturated/α-hetero) is 1. The first kappa shape index (κ1) is 16.6. The highest BCUT2D eigenvalue weighted by Crippen LogP contribution is 2.09. The number of aliphatic hydroxyl groups excluding tert-OH is 1. The Kier molecular flexibility index (Phi) is 9.35. The molecule has 1 N–H and O–H groups in total. The molecule has 0 rings (SSSR count). The summed E-state index contributed by atoms with van der Waals surface area (Å²) in [6.07, 6.45) is 0. The van der Waals surface area contributed by atoms with E-state index in [1.807, 2.05) is 39.6 Å². The van der Waals surface area contributed by atoms with Crippen LogP contribution in [0.1, 0.15) is 34.6 Å². The largest absolute Gasteiger partial charge is 0.395 e. The molecule has 0 aliphatic heterocycles. The van der Waals surface area contributed by atoms with Crippen LogP contribution in [0, 0.1) is 11.8 Å². The maximum atomic E-state index is 10.6. The lowest BCUT2D eigenvalue weighted by atomic mass is 10.0. The van der Waals surface area contributed by atoms with Gasteiger partial charge >= 0.3 is 0 Å². The molecule has 0 saturated heterocycles. The van der Waals surface area contributed by atoms with Crippen LogP contribution in [-0.2, 0) is 4.79 Å². The predicted octanol–water partition coefficient (Wildman–Crippen LogP) is 1.31. The average Bonchev–Trinajstić information content (AvgIpc) is 2.18. The number of aliphatic hydroxyl groups is 1. The van der Waals surface area contributed by atoms with Gasteiger partial charge in [0, 0.05) is 13.5 Å². The lowest BCUT2D eigenvalue weighted by Crippen LogP contribution is -2.41. The maximum Gasteiger partial charge on any atom is 0.202 e. The molecule has 3 nitrogen and oxygen atoms in total. The van der Waals surface area contributed by atoms with Crippen LogP contribution in [0.15, 0.2) is 0 Å². The van der Waals surface area contributed by atoms with Crippen LogP contribution in [0.25, 0.3) is 0 Å². The molecule has 0 saturated carbocycles. The molecule has 0 spiro atoms. The summed E-state index contributed by atoms with van der Waals surface area (Å²) in [4.78, 5) is 12.5. The fourth-order valence-corrected chi connectivity index (χ4v) is 0.766. The summed E-state index contributed by atoms with van der Waals surface area (Å²) in [5.41, 5.74) is -0.367. The first-order valence-corrected chi connectivity index (χ1v) is 5.26. The monoisotopic (exact) mass is 213 g/mol. The fraction of sp³-hybridized carbons (Fsp3) is 0.750. The Bertz CT molecular complexity index is 236. The Hall–Kier alpha value is -0.850. The van der Waals surface area contributed by atoms with Crippen molar-refractivity contribution in [2.24, 2.45) is 0 Å². The number of carbonyl (C=O) groups excluding carboxylic acids is 1. The molecule has 3 heteroatoms. The van der Waals surface area contributed by atoms with Crippen molar-refractivity contribution >= 4 is 5.78 Å². The van der Waals surface area contributed by atoms with E-state index in [0.717, 1.165) is 0 Å². The molecule has 0 aliphatic carbocycles. The van der Waals surface area contributed by atoms with E-state index < -0.39 is 0 Å². The second-order valence-electron chi connectivity index (χ2n) is 3.51. The molecule has 0 aromatic carbocycles. The van der Waals surface area contributed by atoms with Crippen molar-refractivity contribution in [1.82, 2.24) is 4.90 Å². The third kappa shape index (κ3) is 8.17. The Morgan fingerprint density at radius 2 is 1.87 bits per heavy atom. The van der Waals surface area contributed by atoms with Crippen molar-refractivity contribution in [2.45, 2.75) is 40.2 Å². The van der Waals surface area contributed by atoms with Gasteiger partial charge in [0.25, 0.3) is 0 Å². The molecule has 0 unspecified atom stereocenters. The van der Waals surface area contributed by atoms with Crippen molar-refractivity contribution < 1.29 is 9.90 Å². The van der Waals surface area contributed by atoms with Gasteiger partial charge in [0.05, 0.1) is 12.1 Å². The Morgan fingerprint density at radius 3 is 2.20 bits per heavy atom. The smallest absolute Gasteiger partial charge is 0.202 e. The molecule has 15 heavy (non-hydrogen) atoms. The summed E-state index contributed by atoms with van der Waals surface area (Å²) in [5, 5.41) is 8.72. The van der Waals surface area contributed by atoms with E-state index in [2.05, 4.69) is 11.8 Å². The van der Waals surface area contributed by atoms with E-state index in [1.54, 1.807) is 0 Å². The zero-order valence-electron chi connectivity index (χ0n) is 10.7. The zero-order chi connectivity index (χ0) is 12.5. The molecule has 0 radical (unpaired) electrons. The SMILES string of the molecule is CC.CC(=O)C#CC(C)(C)N(C)CCO. The molecule has 0 heterocycles. The summed E-state index contributed by atoms with van der Waals surface area (Å²) in [6.45, 7) is 9.92. The van der Waals surface area contributed by atoms with Crippen LogP contribution >= 0.6 is 0 Å². The van der Waals surface area contributed by atoms with Crippen LogP contribution in [0.4, 0.5) is 0 Å². The summed E-state index contributed by atoms with van der Waals surface area (Å²) in [6, 6.07) is 0. The second kappa shape index (κ2) is 8.46. The topological polar surface area (TPSA) is 40.5 Å². The standard InChI is InChI=1S/C10H17NO2.C2H6/c1-9(13)5-6-10(2,3)11(4)7-8-12;1-2/h12H,7-8H2,1-4H3;1-2H3. The zero-order valence-corrected chi connectivity index (χ0v) is 10.7. The minimum atomic E-state index is -0.367. The lowest BCUT2D eigenvalue weighted by Gasteiger charge is -2.29. The summed E-state index contributed by atoms with van der Waals surface area (Å²) in [5.74, 6) is 5.24. The average molecular weight is 213 g/mol. The predicted molar refractivity (Wildman–Crippen MR) is 63.6 cm³/mol.